The molecule has 4 nitrogen and oxygen atoms in total. The Hall–Kier alpha value is -0.610. The highest BCUT2D eigenvalue weighted by atomic mass is 16.5. The molecule has 4 heteroatoms. The maximum atomic E-state index is 12.4. The maximum Gasteiger partial charge on any atom is 0.242 e. The molecule has 1 amide bonds. The summed E-state index contributed by atoms with van der Waals surface area (Å²) in [4.78, 5) is 14.4. The van der Waals surface area contributed by atoms with Gasteiger partial charge in [0.2, 0.25) is 5.91 Å². The first-order valence-electron chi connectivity index (χ1n) is 7.71. The minimum Gasteiger partial charge on any atom is -0.378 e. The van der Waals surface area contributed by atoms with Crippen LogP contribution in [0.1, 0.15) is 59.3 Å². The number of amides is 1. The molecule has 0 radical (unpaired) electrons. The van der Waals surface area contributed by atoms with Crippen LogP contribution in [0, 0.1) is 0 Å². The van der Waals surface area contributed by atoms with Gasteiger partial charge in [-0.15, -0.1) is 0 Å². The average Bonchev–Trinajstić information content (AvgIpc) is 2.60. The number of carbonyl (C=O) groups is 1. The van der Waals surface area contributed by atoms with Crippen molar-refractivity contribution in [1.82, 2.24) is 4.90 Å². The summed E-state index contributed by atoms with van der Waals surface area (Å²) in [6.45, 7) is 8.47. The Morgan fingerprint density at radius 1 is 1.32 bits per heavy atom. The van der Waals surface area contributed by atoms with Gasteiger partial charge in [-0.2, -0.15) is 0 Å². The van der Waals surface area contributed by atoms with E-state index in [-0.39, 0.29) is 5.91 Å². The summed E-state index contributed by atoms with van der Waals surface area (Å²) in [7, 11) is 0. The summed E-state index contributed by atoms with van der Waals surface area (Å²) in [6.07, 6.45) is 6.06. The Morgan fingerprint density at radius 2 is 2.05 bits per heavy atom. The van der Waals surface area contributed by atoms with Crippen LogP contribution in [0.25, 0.3) is 0 Å². The molecular weight excluding hydrogens is 240 g/mol. The quantitative estimate of drug-likeness (QED) is 0.806. The van der Waals surface area contributed by atoms with Crippen molar-refractivity contribution in [3.63, 3.8) is 0 Å². The molecule has 0 saturated carbocycles. The molecule has 1 fully saturated rings. The molecule has 19 heavy (non-hydrogen) atoms. The summed E-state index contributed by atoms with van der Waals surface area (Å²) in [5.74, 6) is 0.102. The van der Waals surface area contributed by atoms with Crippen LogP contribution in [0.15, 0.2) is 0 Å². The van der Waals surface area contributed by atoms with Crippen molar-refractivity contribution in [3.05, 3.63) is 0 Å². The minimum atomic E-state index is -0.709. The zero-order valence-corrected chi connectivity index (χ0v) is 12.8. The van der Waals surface area contributed by atoms with Crippen molar-refractivity contribution < 1.29 is 9.53 Å². The van der Waals surface area contributed by atoms with Gasteiger partial charge in [-0.25, -0.2) is 0 Å². The molecule has 1 saturated heterocycles. The van der Waals surface area contributed by atoms with E-state index in [9.17, 15) is 4.79 Å². The van der Waals surface area contributed by atoms with Crippen molar-refractivity contribution in [2.24, 2.45) is 5.73 Å². The van der Waals surface area contributed by atoms with Crippen LogP contribution >= 0.6 is 0 Å². The first kappa shape index (κ1) is 16.4. The van der Waals surface area contributed by atoms with Crippen molar-refractivity contribution in [2.75, 3.05) is 19.7 Å². The molecular formula is C15H30N2O2. The lowest BCUT2D eigenvalue weighted by Gasteiger charge is -2.31. The molecule has 1 rings (SSSR count). The summed E-state index contributed by atoms with van der Waals surface area (Å²) in [5, 5.41) is 0. The topological polar surface area (TPSA) is 55.6 Å². The predicted molar refractivity (Wildman–Crippen MR) is 78.0 cm³/mol. The highest BCUT2D eigenvalue weighted by Crippen LogP contribution is 2.19. The SMILES string of the molecule is CCCOC1CCCN(C(=O)C(C)(N)CCC)CC1. The zero-order valence-electron chi connectivity index (χ0n) is 12.8. The Morgan fingerprint density at radius 3 is 2.68 bits per heavy atom. The molecule has 1 aliphatic heterocycles. The average molecular weight is 270 g/mol. The van der Waals surface area contributed by atoms with E-state index < -0.39 is 5.54 Å². The van der Waals surface area contributed by atoms with Gasteiger partial charge in [0.15, 0.2) is 0 Å². The largest absolute Gasteiger partial charge is 0.378 e. The van der Waals surface area contributed by atoms with Gasteiger partial charge in [0.05, 0.1) is 11.6 Å². The molecule has 0 aliphatic carbocycles. The molecule has 0 bridgehead atoms. The van der Waals surface area contributed by atoms with Crippen LogP contribution < -0.4 is 5.73 Å². The normalized spacial score (nSPS) is 23.8. The fourth-order valence-electron chi connectivity index (χ4n) is 2.71. The third-order valence-corrected chi connectivity index (χ3v) is 3.78. The third kappa shape index (κ3) is 5.11. The van der Waals surface area contributed by atoms with E-state index in [2.05, 4.69) is 13.8 Å². The number of hydrogen-bond donors (Lipinski definition) is 1. The number of rotatable bonds is 6. The third-order valence-electron chi connectivity index (χ3n) is 3.78. The van der Waals surface area contributed by atoms with Crippen LogP contribution in [-0.2, 0) is 9.53 Å². The van der Waals surface area contributed by atoms with Crippen molar-refractivity contribution in [2.45, 2.75) is 70.9 Å². The fourth-order valence-corrected chi connectivity index (χ4v) is 2.71. The Bertz CT molecular complexity index is 279. The Balaban J connectivity index is 2.50. The van der Waals surface area contributed by atoms with Crippen LogP contribution in [0.4, 0.5) is 0 Å². The lowest BCUT2D eigenvalue weighted by Crippen LogP contribution is -2.53. The van der Waals surface area contributed by atoms with Crippen molar-refractivity contribution in [1.29, 1.82) is 0 Å². The number of nitrogens with two attached hydrogens (primary N) is 1. The summed E-state index contributed by atoms with van der Waals surface area (Å²) in [6, 6.07) is 0. The summed E-state index contributed by atoms with van der Waals surface area (Å²) < 4.78 is 5.80. The zero-order chi connectivity index (χ0) is 14.3. The number of likely N-dealkylation sites (tertiary alicyclic amines) is 1. The van der Waals surface area contributed by atoms with Gasteiger partial charge < -0.3 is 15.4 Å². The molecule has 1 aliphatic rings. The van der Waals surface area contributed by atoms with Crippen LogP contribution in [-0.4, -0.2) is 42.1 Å². The molecule has 0 aromatic carbocycles. The standard InChI is InChI=1S/C15H30N2O2/c1-4-9-15(3,16)14(18)17-10-6-7-13(8-11-17)19-12-5-2/h13H,4-12,16H2,1-3H3. The maximum absolute atomic E-state index is 12.4. The van der Waals surface area contributed by atoms with Crippen LogP contribution in [0.5, 0.6) is 0 Å². The molecule has 0 spiro atoms. The van der Waals surface area contributed by atoms with E-state index >= 15 is 0 Å². The van der Waals surface area contributed by atoms with E-state index in [0.29, 0.717) is 6.10 Å². The van der Waals surface area contributed by atoms with Crippen molar-refractivity contribution >= 4 is 5.91 Å². The minimum absolute atomic E-state index is 0.102. The van der Waals surface area contributed by atoms with E-state index in [1.54, 1.807) is 0 Å². The second-order valence-electron chi connectivity index (χ2n) is 5.88. The van der Waals surface area contributed by atoms with E-state index in [0.717, 1.165) is 58.2 Å². The first-order valence-corrected chi connectivity index (χ1v) is 7.71. The van der Waals surface area contributed by atoms with Gasteiger partial charge in [-0.3, -0.25) is 4.79 Å². The van der Waals surface area contributed by atoms with E-state index in [1.165, 1.54) is 0 Å². The number of nitrogens with zero attached hydrogens (tertiary/aromatic N) is 1. The van der Waals surface area contributed by atoms with Crippen LogP contribution in [0.3, 0.4) is 0 Å². The van der Waals surface area contributed by atoms with Gasteiger partial charge in [0.1, 0.15) is 0 Å². The summed E-state index contributed by atoms with van der Waals surface area (Å²) in [5.41, 5.74) is 5.44. The van der Waals surface area contributed by atoms with E-state index in [1.807, 2.05) is 11.8 Å². The monoisotopic (exact) mass is 270 g/mol. The number of hydrogen-bond acceptors (Lipinski definition) is 3. The number of ether oxygens (including phenoxy) is 1. The lowest BCUT2D eigenvalue weighted by atomic mass is 9.95. The van der Waals surface area contributed by atoms with Gasteiger partial charge in [0.25, 0.3) is 0 Å². The molecule has 0 aromatic heterocycles. The lowest BCUT2D eigenvalue weighted by molar-refractivity contribution is -0.136. The smallest absolute Gasteiger partial charge is 0.242 e. The fraction of sp³-hybridized carbons (Fsp3) is 0.933. The second-order valence-corrected chi connectivity index (χ2v) is 5.88. The number of carbonyl (C=O) groups excluding carboxylic acids is 1. The first-order chi connectivity index (χ1) is 9.01. The molecule has 2 unspecified atom stereocenters. The van der Waals surface area contributed by atoms with E-state index in [4.69, 9.17) is 10.5 Å². The van der Waals surface area contributed by atoms with Gasteiger partial charge in [-0.05, 0) is 39.0 Å². The predicted octanol–water partition coefficient (Wildman–Crippen LogP) is 2.31. The van der Waals surface area contributed by atoms with Gasteiger partial charge >= 0.3 is 0 Å². The Labute approximate surface area is 117 Å². The highest BCUT2D eigenvalue weighted by molar-refractivity contribution is 5.85. The van der Waals surface area contributed by atoms with Gasteiger partial charge in [-0.1, -0.05) is 20.3 Å². The Kier molecular flexibility index (Phi) is 6.80. The van der Waals surface area contributed by atoms with Crippen molar-refractivity contribution in [3.8, 4) is 0 Å². The summed E-state index contributed by atoms with van der Waals surface area (Å²) >= 11 is 0. The second kappa shape index (κ2) is 7.85. The van der Waals surface area contributed by atoms with Crippen LogP contribution in [0.2, 0.25) is 0 Å². The molecule has 112 valence electrons. The molecule has 2 N–H and O–H groups in total. The highest BCUT2D eigenvalue weighted by Gasteiger charge is 2.32. The molecule has 0 aromatic rings. The molecule has 1 heterocycles. The van der Waals surface area contributed by atoms with Gasteiger partial charge in [0, 0.05) is 19.7 Å². The molecule has 2 atom stereocenters.